The zero-order valence-electron chi connectivity index (χ0n) is 61.3. The van der Waals surface area contributed by atoms with Gasteiger partial charge in [0.2, 0.25) is 0 Å². The SMILES string of the molecule is CCCCCCCCCCCCCC(=O)O[C@H](COC(=O)CCCCCCCCCCC)COP(=O)(O)OC[C@H](O)COP(=O)(O)OC[C@@H](COC(=O)CCCCCCCCCCCCCCCC(C)C)OC(=O)CCCCCCCCCCCCCCCCCC(C)C. The van der Waals surface area contributed by atoms with Crippen LogP contribution in [0.3, 0.4) is 0 Å². The summed E-state index contributed by atoms with van der Waals surface area (Å²) >= 11 is 0. The fraction of sp³-hybridized carbons (Fsp3) is 0.947. The molecular weight excluding hydrogens is 1230 g/mol. The van der Waals surface area contributed by atoms with Gasteiger partial charge in [-0.25, -0.2) is 9.13 Å². The van der Waals surface area contributed by atoms with Gasteiger partial charge in [0.15, 0.2) is 12.2 Å². The maximum absolute atomic E-state index is 13.1. The third-order valence-electron chi connectivity index (χ3n) is 17.5. The third kappa shape index (κ3) is 68.6. The van der Waals surface area contributed by atoms with Gasteiger partial charge in [0, 0.05) is 25.7 Å². The Morgan fingerprint density at radius 2 is 0.489 bits per heavy atom. The van der Waals surface area contributed by atoms with Crippen molar-refractivity contribution >= 4 is 39.5 Å². The van der Waals surface area contributed by atoms with Crippen LogP contribution >= 0.6 is 15.6 Å². The fourth-order valence-electron chi connectivity index (χ4n) is 11.5. The Balaban J connectivity index is 5.22. The highest BCUT2D eigenvalue weighted by Crippen LogP contribution is 2.45. The molecule has 0 rings (SSSR count). The topological polar surface area (TPSA) is 237 Å². The Labute approximate surface area is 575 Å². The second-order valence-corrected chi connectivity index (χ2v) is 30.9. The van der Waals surface area contributed by atoms with Crippen LogP contribution in [0.1, 0.15) is 388 Å². The number of hydrogen-bond donors (Lipinski definition) is 3. The van der Waals surface area contributed by atoms with E-state index in [1.54, 1.807) is 0 Å². The Bertz CT molecular complexity index is 1820. The number of ether oxygens (including phenoxy) is 4. The summed E-state index contributed by atoms with van der Waals surface area (Å²) in [6.45, 7) is 9.62. The Hall–Kier alpha value is -1.94. The molecule has 0 saturated carbocycles. The number of phosphoric ester groups is 2. The van der Waals surface area contributed by atoms with Gasteiger partial charge in [0.05, 0.1) is 26.4 Å². The third-order valence-corrected chi connectivity index (χ3v) is 19.4. The number of carbonyl (C=O) groups is 4. The lowest BCUT2D eigenvalue weighted by atomic mass is 10.0. The normalized spacial score (nSPS) is 14.0. The number of carbonyl (C=O) groups excluding carboxylic acids is 4. The quantitative estimate of drug-likeness (QED) is 0.0222. The summed E-state index contributed by atoms with van der Waals surface area (Å²) in [4.78, 5) is 72.7. The van der Waals surface area contributed by atoms with E-state index in [0.717, 1.165) is 102 Å². The minimum absolute atomic E-state index is 0.107. The fourth-order valence-corrected chi connectivity index (χ4v) is 13.1. The van der Waals surface area contributed by atoms with Crippen molar-refractivity contribution in [2.24, 2.45) is 11.8 Å². The van der Waals surface area contributed by atoms with Crippen LogP contribution in [0.25, 0.3) is 0 Å². The van der Waals surface area contributed by atoms with E-state index in [1.807, 2.05) is 0 Å². The number of rotatable bonds is 74. The van der Waals surface area contributed by atoms with Crippen LogP contribution in [0, 0.1) is 11.8 Å². The predicted molar refractivity (Wildman–Crippen MR) is 381 cm³/mol. The van der Waals surface area contributed by atoms with E-state index in [2.05, 4.69) is 41.5 Å². The van der Waals surface area contributed by atoms with Crippen molar-refractivity contribution in [1.29, 1.82) is 0 Å². The van der Waals surface area contributed by atoms with Crippen LogP contribution in [-0.4, -0.2) is 96.7 Å². The molecule has 19 heteroatoms. The van der Waals surface area contributed by atoms with Crippen molar-refractivity contribution in [3.05, 3.63) is 0 Å². The van der Waals surface area contributed by atoms with Gasteiger partial charge in [-0.15, -0.1) is 0 Å². The molecule has 0 aliphatic heterocycles. The summed E-state index contributed by atoms with van der Waals surface area (Å²) < 4.78 is 68.4. The van der Waals surface area contributed by atoms with Crippen molar-refractivity contribution in [2.45, 2.75) is 407 Å². The first-order chi connectivity index (χ1) is 45.4. The molecule has 0 aliphatic rings. The lowest BCUT2D eigenvalue weighted by molar-refractivity contribution is -0.161. The van der Waals surface area contributed by atoms with E-state index < -0.39 is 97.5 Å². The number of phosphoric acid groups is 2. The molecule has 2 unspecified atom stereocenters. The van der Waals surface area contributed by atoms with Gasteiger partial charge in [0.1, 0.15) is 19.3 Å². The molecule has 0 aromatic carbocycles. The number of unbranched alkanes of at least 4 members (excludes halogenated alkanes) is 44. The summed E-state index contributed by atoms with van der Waals surface area (Å²) in [6, 6.07) is 0. The van der Waals surface area contributed by atoms with Crippen molar-refractivity contribution in [3.63, 3.8) is 0 Å². The van der Waals surface area contributed by atoms with E-state index in [1.165, 1.54) is 205 Å². The van der Waals surface area contributed by atoms with E-state index in [9.17, 15) is 43.2 Å². The summed E-state index contributed by atoms with van der Waals surface area (Å²) in [7, 11) is -9.91. The second kappa shape index (κ2) is 66.9. The molecule has 0 amide bonds. The van der Waals surface area contributed by atoms with E-state index in [4.69, 9.17) is 37.0 Å². The minimum Gasteiger partial charge on any atom is -0.462 e. The first kappa shape index (κ1) is 92.1. The van der Waals surface area contributed by atoms with Crippen molar-refractivity contribution in [2.75, 3.05) is 39.6 Å². The van der Waals surface area contributed by atoms with Gasteiger partial charge in [0.25, 0.3) is 0 Å². The van der Waals surface area contributed by atoms with E-state index >= 15 is 0 Å². The molecule has 0 saturated heterocycles. The maximum atomic E-state index is 13.1. The number of esters is 4. The van der Waals surface area contributed by atoms with Crippen LogP contribution in [0.2, 0.25) is 0 Å². The molecule has 3 N–H and O–H groups in total. The monoisotopic (exact) mass is 1380 g/mol. The molecular formula is C75H146O17P2. The van der Waals surface area contributed by atoms with Crippen LogP contribution in [0.15, 0.2) is 0 Å². The summed E-state index contributed by atoms with van der Waals surface area (Å²) in [5.41, 5.74) is 0. The molecule has 0 fully saturated rings. The molecule has 0 radical (unpaired) electrons. The first-order valence-corrected chi connectivity index (χ1v) is 42.0. The van der Waals surface area contributed by atoms with Crippen molar-refractivity contribution < 1.29 is 80.2 Å². The standard InChI is InChI=1S/C75H146O17P2/c1-7-9-11-13-15-17-26-35-41-47-53-59-74(79)91-70(63-85-72(77)57-51-45-39-31-16-14-12-10-8-2)65-89-93(81,82)87-61-69(76)62-88-94(83,84)90-66-71(64-86-73(78)58-52-46-40-34-29-25-21-23-28-33-38-44-50-56-68(5)6)92-75(80)60-54-48-42-36-30-24-20-18-19-22-27-32-37-43-49-55-67(3)4/h67-71,76H,7-66H2,1-6H3,(H,81,82)(H,83,84)/t69-,70+,71+/m0/s1. The van der Waals surface area contributed by atoms with Gasteiger partial charge < -0.3 is 33.8 Å². The highest BCUT2D eigenvalue weighted by atomic mass is 31.2. The van der Waals surface area contributed by atoms with Crippen molar-refractivity contribution in [1.82, 2.24) is 0 Å². The Morgan fingerprint density at radius 1 is 0.287 bits per heavy atom. The zero-order valence-corrected chi connectivity index (χ0v) is 63.1. The van der Waals surface area contributed by atoms with E-state index in [0.29, 0.717) is 25.7 Å². The molecule has 0 spiro atoms. The molecule has 0 aromatic rings. The highest BCUT2D eigenvalue weighted by Gasteiger charge is 2.30. The van der Waals surface area contributed by atoms with Gasteiger partial charge in [-0.3, -0.25) is 37.3 Å². The lowest BCUT2D eigenvalue weighted by Gasteiger charge is -2.21. The highest BCUT2D eigenvalue weighted by molar-refractivity contribution is 7.47. The minimum atomic E-state index is -4.96. The lowest BCUT2D eigenvalue weighted by Crippen LogP contribution is -2.30. The van der Waals surface area contributed by atoms with Crippen molar-refractivity contribution in [3.8, 4) is 0 Å². The van der Waals surface area contributed by atoms with Gasteiger partial charge in [-0.2, -0.15) is 0 Å². The van der Waals surface area contributed by atoms with Gasteiger partial charge in [-0.05, 0) is 37.5 Å². The average Bonchev–Trinajstić information content (AvgIpc) is 1.70. The molecule has 0 bridgehead atoms. The van der Waals surface area contributed by atoms with Crippen LogP contribution in [0.4, 0.5) is 0 Å². The van der Waals surface area contributed by atoms with Gasteiger partial charge >= 0.3 is 39.5 Å². The van der Waals surface area contributed by atoms with E-state index in [-0.39, 0.29) is 25.7 Å². The maximum Gasteiger partial charge on any atom is 0.472 e. The Kier molecular flexibility index (Phi) is 65.5. The summed E-state index contributed by atoms with van der Waals surface area (Å²) in [5, 5.41) is 10.6. The number of hydrogen-bond acceptors (Lipinski definition) is 15. The molecule has 94 heavy (non-hydrogen) atoms. The summed E-state index contributed by atoms with van der Waals surface area (Å²) in [6.07, 6.45) is 54.0. The molecule has 558 valence electrons. The van der Waals surface area contributed by atoms with Crippen LogP contribution < -0.4 is 0 Å². The average molecular weight is 1380 g/mol. The predicted octanol–water partition coefficient (Wildman–Crippen LogP) is 21.9. The summed E-state index contributed by atoms with van der Waals surface area (Å²) in [5.74, 6) is -0.523. The molecule has 0 aliphatic carbocycles. The number of aliphatic hydroxyl groups is 1. The smallest absolute Gasteiger partial charge is 0.462 e. The van der Waals surface area contributed by atoms with Gasteiger partial charge in [-0.1, -0.05) is 337 Å². The molecule has 17 nitrogen and oxygen atoms in total. The molecule has 5 atom stereocenters. The Morgan fingerprint density at radius 3 is 0.723 bits per heavy atom. The molecule has 0 heterocycles. The zero-order chi connectivity index (χ0) is 69.3. The first-order valence-electron chi connectivity index (χ1n) is 39.0. The number of aliphatic hydroxyl groups excluding tert-OH is 1. The largest absolute Gasteiger partial charge is 0.472 e. The second-order valence-electron chi connectivity index (χ2n) is 28.0. The van der Waals surface area contributed by atoms with Crippen LogP contribution in [0.5, 0.6) is 0 Å². The van der Waals surface area contributed by atoms with Crippen LogP contribution in [-0.2, 0) is 65.4 Å². The molecule has 0 aromatic heterocycles.